The summed E-state index contributed by atoms with van der Waals surface area (Å²) in [5, 5.41) is 4.55. The van der Waals surface area contributed by atoms with Crippen molar-refractivity contribution in [2.45, 2.75) is 38.8 Å². The minimum Gasteiger partial charge on any atom is -0.321 e. The Morgan fingerprint density at radius 3 is 3.11 bits per heavy atom. The molecular weight excluding hydrogens is 224 g/mol. The topological polar surface area (TPSA) is 56.7 Å². The lowest BCUT2D eigenvalue weighted by atomic mass is 10.1. The molecule has 0 spiro atoms. The van der Waals surface area contributed by atoms with Gasteiger partial charge < -0.3 is 5.73 Å². The van der Waals surface area contributed by atoms with Gasteiger partial charge in [-0.2, -0.15) is 5.10 Å². The first-order valence-electron chi connectivity index (χ1n) is 6.47. The van der Waals surface area contributed by atoms with Crippen molar-refractivity contribution in [2.24, 2.45) is 5.73 Å². The maximum Gasteiger partial charge on any atom is 0.155 e. The molecule has 4 nitrogen and oxygen atoms in total. The summed E-state index contributed by atoms with van der Waals surface area (Å²) < 4.78 is 1.97. The molecule has 0 fully saturated rings. The molecule has 94 valence electrons. The maximum atomic E-state index is 6.05. The van der Waals surface area contributed by atoms with Crippen LogP contribution in [0.1, 0.15) is 41.7 Å². The van der Waals surface area contributed by atoms with Gasteiger partial charge in [0, 0.05) is 13.0 Å². The third kappa shape index (κ3) is 2.16. The Kier molecular flexibility index (Phi) is 2.88. The molecule has 1 unspecified atom stereocenters. The predicted molar refractivity (Wildman–Crippen MR) is 70.2 cm³/mol. The second kappa shape index (κ2) is 4.53. The fourth-order valence-corrected chi connectivity index (χ4v) is 2.51. The molecule has 1 aromatic carbocycles. The number of hydrogen-bond acceptors (Lipinski definition) is 3. The van der Waals surface area contributed by atoms with Gasteiger partial charge >= 0.3 is 0 Å². The van der Waals surface area contributed by atoms with Crippen LogP contribution < -0.4 is 5.73 Å². The Hall–Kier alpha value is -1.68. The normalized spacial score (nSPS) is 18.7. The van der Waals surface area contributed by atoms with E-state index in [0.717, 1.165) is 37.5 Å². The fourth-order valence-electron chi connectivity index (χ4n) is 2.51. The Labute approximate surface area is 107 Å². The quantitative estimate of drug-likeness (QED) is 0.876. The van der Waals surface area contributed by atoms with Gasteiger partial charge in [-0.05, 0) is 25.3 Å². The van der Waals surface area contributed by atoms with Gasteiger partial charge in [-0.3, -0.25) is 0 Å². The van der Waals surface area contributed by atoms with Crippen molar-refractivity contribution in [3.63, 3.8) is 0 Å². The maximum absolute atomic E-state index is 6.05. The van der Waals surface area contributed by atoms with Crippen LogP contribution in [0.2, 0.25) is 0 Å². The number of nitrogens with zero attached hydrogens (tertiary/aromatic N) is 3. The molecule has 3 rings (SSSR count). The zero-order valence-electron chi connectivity index (χ0n) is 10.6. The average molecular weight is 242 g/mol. The highest BCUT2D eigenvalue weighted by atomic mass is 15.4. The number of nitrogens with two attached hydrogens (primary N) is 1. The van der Waals surface area contributed by atoms with Crippen LogP contribution in [0.25, 0.3) is 0 Å². The van der Waals surface area contributed by atoms with Gasteiger partial charge in [0.05, 0.1) is 6.04 Å². The van der Waals surface area contributed by atoms with Crippen molar-refractivity contribution in [1.29, 1.82) is 0 Å². The van der Waals surface area contributed by atoms with Crippen LogP contribution >= 0.6 is 0 Å². The number of benzene rings is 1. The van der Waals surface area contributed by atoms with Crippen LogP contribution in [-0.2, 0) is 13.0 Å². The van der Waals surface area contributed by atoms with E-state index in [2.05, 4.69) is 41.3 Å². The van der Waals surface area contributed by atoms with Crippen LogP contribution in [0, 0.1) is 6.92 Å². The Balaban J connectivity index is 1.85. The standard InChI is InChI=1S/C14H18N4/c1-10-4-2-5-11(8-10)9-13-16-14-12(15)6-3-7-18(14)17-13/h2,4-5,8,12H,3,6-7,9,15H2,1H3. The number of hydrogen-bond donors (Lipinski definition) is 1. The number of fused-ring (bicyclic) bond motifs is 1. The summed E-state index contributed by atoms with van der Waals surface area (Å²) in [6, 6.07) is 8.53. The first-order chi connectivity index (χ1) is 8.72. The first-order valence-corrected chi connectivity index (χ1v) is 6.47. The van der Waals surface area contributed by atoms with Gasteiger partial charge in [-0.15, -0.1) is 0 Å². The van der Waals surface area contributed by atoms with Crippen molar-refractivity contribution in [2.75, 3.05) is 0 Å². The zero-order valence-corrected chi connectivity index (χ0v) is 10.6. The van der Waals surface area contributed by atoms with Crippen LogP contribution in [-0.4, -0.2) is 14.8 Å². The van der Waals surface area contributed by atoms with E-state index >= 15 is 0 Å². The highest BCUT2D eigenvalue weighted by molar-refractivity contribution is 5.24. The Morgan fingerprint density at radius 1 is 1.44 bits per heavy atom. The zero-order chi connectivity index (χ0) is 12.5. The third-order valence-corrected chi connectivity index (χ3v) is 3.41. The number of rotatable bonds is 2. The third-order valence-electron chi connectivity index (χ3n) is 3.41. The Morgan fingerprint density at radius 2 is 2.33 bits per heavy atom. The van der Waals surface area contributed by atoms with E-state index in [0.29, 0.717) is 0 Å². The van der Waals surface area contributed by atoms with Crippen molar-refractivity contribution < 1.29 is 0 Å². The van der Waals surface area contributed by atoms with Crippen LogP contribution in [0.5, 0.6) is 0 Å². The fraction of sp³-hybridized carbons (Fsp3) is 0.429. The molecule has 0 saturated heterocycles. The van der Waals surface area contributed by atoms with Gasteiger partial charge in [-0.25, -0.2) is 9.67 Å². The minimum absolute atomic E-state index is 0.0532. The smallest absolute Gasteiger partial charge is 0.155 e. The van der Waals surface area contributed by atoms with Crippen molar-refractivity contribution >= 4 is 0 Å². The van der Waals surface area contributed by atoms with Crippen molar-refractivity contribution in [1.82, 2.24) is 14.8 Å². The van der Waals surface area contributed by atoms with Gasteiger partial charge in [-0.1, -0.05) is 29.8 Å². The molecular formula is C14H18N4. The SMILES string of the molecule is Cc1cccc(Cc2nc3n(n2)CCCC3N)c1. The van der Waals surface area contributed by atoms with E-state index in [1.807, 2.05) is 4.68 Å². The summed E-state index contributed by atoms with van der Waals surface area (Å²) >= 11 is 0. The minimum atomic E-state index is 0.0532. The summed E-state index contributed by atoms with van der Waals surface area (Å²) in [6.07, 6.45) is 2.90. The van der Waals surface area contributed by atoms with Crippen molar-refractivity contribution in [3.8, 4) is 0 Å². The molecule has 1 aliphatic heterocycles. The molecule has 0 bridgehead atoms. The van der Waals surface area contributed by atoms with E-state index in [1.54, 1.807) is 0 Å². The highest BCUT2D eigenvalue weighted by Gasteiger charge is 2.20. The summed E-state index contributed by atoms with van der Waals surface area (Å²) in [4.78, 5) is 4.58. The molecule has 0 saturated carbocycles. The lowest BCUT2D eigenvalue weighted by Crippen LogP contribution is -2.22. The second-order valence-corrected chi connectivity index (χ2v) is 5.02. The van der Waals surface area contributed by atoms with Gasteiger partial charge in [0.25, 0.3) is 0 Å². The molecule has 2 heterocycles. The highest BCUT2D eigenvalue weighted by Crippen LogP contribution is 2.21. The van der Waals surface area contributed by atoms with Crippen LogP contribution in [0.15, 0.2) is 24.3 Å². The molecule has 4 heteroatoms. The second-order valence-electron chi connectivity index (χ2n) is 5.02. The summed E-state index contributed by atoms with van der Waals surface area (Å²) in [6.45, 7) is 3.05. The summed E-state index contributed by atoms with van der Waals surface area (Å²) in [5.41, 5.74) is 8.58. The molecule has 2 aromatic rings. The molecule has 0 aliphatic carbocycles. The number of aromatic nitrogens is 3. The molecule has 1 aromatic heterocycles. The van der Waals surface area contributed by atoms with Gasteiger partial charge in [0.15, 0.2) is 5.82 Å². The van der Waals surface area contributed by atoms with Crippen LogP contribution in [0.3, 0.4) is 0 Å². The Bertz CT molecular complexity index is 559. The van der Waals surface area contributed by atoms with Crippen molar-refractivity contribution in [3.05, 3.63) is 47.0 Å². The molecule has 18 heavy (non-hydrogen) atoms. The molecule has 0 radical (unpaired) electrons. The lowest BCUT2D eigenvalue weighted by molar-refractivity contribution is 0.421. The molecule has 1 aliphatic rings. The first kappa shape index (κ1) is 11.4. The molecule has 0 amide bonds. The lowest BCUT2D eigenvalue weighted by Gasteiger charge is -2.17. The van der Waals surface area contributed by atoms with Gasteiger partial charge in [0.1, 0.15) is 5.82 Å². The van der Waals surface area contributed by atoms with E-state index in [9.17, 15) is 0 Å². The van der Waals surface area contributed by atoms with E-state index < -0.39 is 0 Å². The van der Waals surface area contributed by atoms with Crippen LogP contribution in [0.4, 0.5) is 0 Å². The monoisotopic (exact) mass is 242 g/mol. The summed E-state index contributed by atoms with van der Waals surface area (Å²) in [7, 11) is 0. The average Bonchev–Trinajstić information content (AvgIpc) is 2.73. The van der Waals surface area contributed by atoms with E-state index in [4.69, 9.17) is 5.73 Å². The van der Waals surface area contributed by atoms with E-state index in [1.165, 1.54) is 11.1 Å². The largest absolute Gasteiger partial charge is 0.321 e. The number of aryl methyl sites for hydroxylation is 2. The summed E-state index contributed by atoms with van der Waals surface area (Å²) in [5.74, 6) is 1.83. The predicted octanol–water partition coefficient (Wildman–Crippen LogP) is 1.97. The van der Waals surface area contributed by atoms with Gasteiger partial charge in [0.2, 0.25) is 0 Å². The molecule has 2 N–H and O–H groups in total. The van der Waals surface area contributed by atoms with E-state index in [-0.39, 0.29) is 6.04 Å². The molecule has 1 atom stereocenters.